The van der Waals surface area contributed by atoms with E-state index in [2.05, 4.69) is 29.1 Å². The number of aromatic nitrogens is 2. The van der Waals surface area contributed by atoms with Gasteiger partial charge in [-0.3, -0.25) is 4.79 Å². The molecule has 0 radical (unpaired) electrons. The number of amides is 1. The molecule has 1 atom stereocenters. The van der Waals surface area contributed by atoms with Crippen LogP contribution in [0.15, 0.2) is 42.5 Å². The molecule has 0 saturated carbocycles. The van der Waals surface area contributed by atoms with Gasteiger partial charge in [0.25, 0.3) is 0 Å². The zero-order valence-electron chi connectivity index (χ0n) is 16.2. The lowest BCUT2D eigenvalue weighted by molar-refractivity contribution is -0.122. The van der Waals surface area contributed by atoms with Crippen molar-refractivity contribution in [2.75, 3.05) is 13.2 Å². The van der Waals surface area contributed by atoms with E-state index >= 15 is 0 Å². The Kier molecular flexibility index (Phi) is 5.19. The number of aryl methyl sites for hydroxylation is 1. The summed E-state index contributed by atoms with van der Waals surface area (Å²) in [7, 11) is 0. The van der Waals surface area contributed by atoms with Crippen LogP contribution in [0.3, 0.4) is 0 Å². The van der Waals surface area contributed by atoms with Gasteiger partial charge in [0.05, 0.1) is 17.1 Å². The summed E-state index contributed by atoms with van der Waals surface area (Å²) in [5.41, 5.74) is 2.94. The van der Waals surface area contributed by atoms with Crippen LogP contribution >= 0.6 is 0 Å². The minimum Gasteiger partial charge on any atom is -0.486 e. The summed E-state index contributed by atoms with van der Waals surface area (Å²) >= 11 is 0. The maximum absolute atomic E-state index is 12.6. The molecular formula is C22H25N3O3. The number of hydrogen-bond donors (Lipinski definition) is 2. The lowest BCUT2D eigenvalue weighted by Crippen LogP contribution is -2.32. The predicted molar refractivity (Wildman–Crippen MR) is 108 cm³/mol. The maximum Gasteiger partial charge on any atom is 0.220 e. The number of nitrogens with zero attached hydrogens (tertiary/aromatic N) is 1. The van der Waals surface area contributed by atoms with E-state index in [0.29, 0.717) is 26.1 Å². The molecule has 1 aromatic heterocycles. The van der Waals surface area contributed by atoms with Crippen molar-refractivity contribution < 1.29 is 14.3 Å². The predicted octanol–water partition coefficient (Wildman–Crippen LogP) is 3.78. The molecule has 0 unspecified atom stereocenters. The summed E-state index contributed by atoms with van der Waals surface area (Å²) in [5.74, 6) is 2.59. The first-order valence-corrected chi connectivity index (χ1v) is 9.72. The van der Waals surface area contributed by atoms with E-state index in [0.717, 1.165) is 33.9 Å². The number of nitrogens with one attached hydrogen (secondary N) is 2. The summed E-state index contributed by atoms with van der Waals surface area (Å²) in [6.45, 7) is 5.31. The van der Waals surface area contributed by atoms with Gasteiger partial charge < -0.3 is 19.8 Å². The van der Waals surface area contributed by atoms with Gasteiger partial charge in [-0.2, -0.15) is 0 Å². The molecule has 3 aromatic rings. The minimum absolute atomic E-state index is 0.00838. The highest BCUT2D eigenvalue weighted by Crippen LogP contribution is 2.34. The van der Waals surface area contributed by atoms with Gasteiger partial charge in [-0.05, 0) is 35.7 Å². The Morgan fingerprint density at radius 3 is 2.71 bits per heavy atom. The molecular weight excluding hydrogens is 354 g/mol. The minimum atomic E-state index is -0.0843. The quantitative estimate of drug-likeness (QED) is 0.683. The fourth-order valence-corrected chi connectivity index (χ4v) is 3.49. The number of aromatic amines is 1. The summed E-state index contributed by atoms with van der Waals surface area (Å²) in [6.07, 6.45) is 0.958. The summed E-state index contributed by atoms with van der Waals surface area (Å²) in [5, 5.41) is 3.17. The summed E-state index contributed by atoms with van der Waals surface area (Å²) in [6, 6.07) is 13.7. The van der Waals surface area contributed by atoms with Crippen LogP contribution in [0.1, 0.15) is 37.7 Å². The SMILES string of the molecule is CC(C)[C@@H](NC(=O)CCc1nc2ccccc2[nH]1)c1ccc2c(c1)OCCO2. The van der Waals surface area contributed by atoms with Gasteiger partial charge in [-0.15, -0.1) is 0 Å². The highest BCUT2D eigenvalue weighted by Gasteiger charge is 2.21. The number of rotatable bonds is 6. The van der Waals surface area contributed by atoms with Gasteiger partial charge in [0, 0.05) is 12.8 Å². The molecule has 1 aliphatic rings. The number of carbonyl (C=O) groups is 1. The highest BCUT2D eigenvalue weighted by atomic mass is 16.6. The first-order chi connectivity index (χ1) is 13.6. The number of H-pyrrole nitrogens is 1. The Bertz CT molecular complexity index is 947. The number of hydrogen-bond acceptors (Lipinski definition) is 4. The van der Waals surface area contributed by atoms with Crippen LogP contribution in [0.4, 0.5) is 0 Å². The first kappa shape index (κ1) is 18.3. The Balaban J connectivity index is 1.42. The van der Waals surface area contributed by atoms with E-state index in [4.69, 9.17) is 9.47 Å². The molecule has 146 valence electrons. The van der Waals surface area contributed by atoms with Crippen molar-refractivity contribution in [1.29, 1.82) is 0 Å². The van der Waals surface area contributed by atoms with Crippen molar-refractivity contribution in [3.8, 4) is 11.5 Å². The van der Waals surface area contributed by atoms with E-state index in [1.165, 1.54) is 0 Å². The average molecular weight is 379 g/mol. The number of benzene rings is 2. The third kappa shape index (κ3) is 3.96. The molecule has 2 heterocycles. The molecule has 28 heavy (non-hydrogen) atoms. The standard InChI is InChI=1S/C22H25N3O3/c1-14(2)22(15-7-8-18-19(13-15)28-12-11-27-18)25-21(26)10-9-20-23-16-5-3-4-6-17(16)24-20/h3-8,13-14,22H,9-12H2,1-2H3,(H,23,24)(H,25,26)/t22-/m1/s1. The summed E-state index contributed by atoms with van der Waals surface area (Å²) < 4.78 is 11.3. The molecule has 0 spiro atoms. The molecule has 4 rings (SSSR count). The molecule has 0 fully saturated rings. The molecule has 2 aromatic carbocycles. The van der Waals surface area contributed by atoms with Crippen molar-refractivity contribution >= 4 is 16.9 Å². The lowest BCUT2D eigenvalue weighted by Gasteiger charge is -2.25. The van der Waals surface area contributed by atoms with Gasteiger partial charge >= 0.3 is 0 Å². The Labute approximate surface area is 164 Å². The zero-order valence-corrected chi connectivity index (χ0v) is 16.2. The van der Waals surface area contributed by atoms with Crippen LogP contribution in [0.25, 0.3) is 11.0 Å². The van der Waals surface area contributed by atoms with Crippen LogP contribution < -0.4 is 14.8 Å². The average Bonchev–Trinajstić information content (AvgIpc) is 3.13. The lowest BCUT2D eigenvalue weighted by atomic mass is 9.95. The van der Waals surface area contributed by atoms with Gasteiger partial charge in [-0.25, -0.2) is 4.98 Å². The van der Waals surface area contributed by atoms with Crippen molar-refractivity contribution in [2.24, 2.45) is 5.92 Å². The molecule has 0 saturated heterocycles. The smallest absolute Gasteiger partial charge is 0.220 e. The van der Waals surface area contributed by atoms with Gasteiger partial charge in [-0.1, -0.05) is 32.0 Å². The molecule has 1 aliphatic heterocycles. The molecule has 0 bridgehead atoms. The fourth-order valence-electron chi connectivity index (χ4n) is 3.49. The normalized spacial score (nSPS) is 14.2. The van der Waals surface area contributed by atoms with E-state index < -0.39 is 0 Å². The summed E-state index contributed by atoms with van der Waals surface area (Å²) in [4.78, 5) is 20.4. The Hall–Kier alpha value is -3.02. The number of fused-ring (bicyclic) bond motifs is 2. The molecule has 2 N–H and O–H groups in total. The van der Waals surface area contributed by atoms with Crippen molar-refractivity contribution in [3.05, 3.63) is 53.9 Å². The van der Waals surface area contributed by atoms with Crippen molar-refractivity contribution in [2.45, 2.75) is 32.7 Å². The Morgan fingerprint density at radius 1 is 1.14 bits per heavy atom. The first-order valence-electron chi connectivity index (χ1n) is 9.72. The third-order valence-electron chi connectivity index (χ3n) is 4.94. The maximum atomic E-state index is 12.6. The largest absolute Gasteiger partial charge is 0.486 e. The van der Waals surface area contributed by atoms with Crippen LogP contribution in [0.2, 0.25) is 0 Å². The van der Waals surface area contributed by atoms with E-state index in [-0.39, 0.29) is 17.9 Å². The van der Waals surface area contributed by atoms with Gasteiger partial charge in [0.15, 0.2) is 11.5 Å². The molecule has 6 nitrogen and oxygen atoms in total. The zero-order chi connectivity index (χ0) is 19.5. The number of ether oxygens (including phenoxy) is 2. The molecule has 1 amide bonds. The topological polar surface area (TPSA) is 76.2 Å². The van der Waals surface area contributed by atoms with Crippen LogP contribution in [-0.4, -0.2) is 29.1 Å². The fraction of sp³-hybridized carbons (Fsp3) is 0.364. The van der Waals surface area contributed by atoms with Crippen LogP contribution in [0.5, 0.6) is 11.5 Å². The number of carbonyl (C=O) groups excluding carboxylic acids is 1. The van der Waals surface area contributed by atoms with Gasteiger partial charge in [0.1, 0.15) is 19.0 Å². The van der Waals surface area contributed by atoms with Crippen LogP contribution in [-0.2, 0) is 11.2 Å². The van der Waals surface area contributed by atoms with E-state index in [1.807, 2.05) is 42.5 Å². The van der Waals surface area contributed by atoms with E-state index in [1.54, 1.807) is 0 Å². The highest BCUT2D eigenvalue weighted by molar-refractivity contribution is 5.77. The van der Waals surface area contributed by atoms with Gasteiger partial charge in [0.2, 0.25) is 5.91 Å². The number of imidazole rings is 1. The second-order valence-electron chi connectivity index (χ2n) is 7.39. The van der Waals surface area contributed by atoms with Crippen LogP contribution in [0, 0.1) is 5.92 Å². The third-order valence-corrected chi connectivity index (χ3v) is 4.94. The molecule has 0 aliphatic carbocycles. The second-order valence-corrected chi connectivity index (χ2v) is 7.39. The monoisotopic (exact) mass is 379 g/mol. The number of para-hydroxylation sites is 2. The van der Waals surface area contributed by atoms with Crippen molar-refractivity contribution in [1.82, 2.24) is 15.3 Å². The molecule has 6 heteroatoms. The van der Waals surface area contributed by atoms with Crippen molar-refractivity contribution in [3.63, 3.8) is 0 Å². The second kappa shape index (κ2) is 7.92. The van der Waals surface area contributed by atoms with E-state index in [9.17, 15) is 4.79 Å². The Morgan fingerprint density at radius 2 is 1.93 bits per heavy atom.